The molecule has 270 valence electrons. The monoisotopic (exact) mass is 689 g/mol. The average Bonchev–Trinajstić information content (AvgIpc) is 3.56. The van der Waals surface area contributed by atoms with Crippen LogP contribution in [-0.2, 0) is 16.0 Å². The van der Waals surface area contributed by atoms with E-state index in [2.05, 4.69) is 99.2 Å². The number of hydrogen-bond donors (Lipinski definition) is 0. The highest BCUT2D eigenvalue weighted by molar-refractivity contribution is 7.17. The zero-order chi connectivity index (χ0) is 34.9. The Labute approximate surface area is 301 Å². The van der Waals surface area contributed by atoms with Gasteiger partial charge >= 0.3 is 0 Å². The van der Waals surface area contributed by atoms with Crippen LogP contribution in [0.2, 0.25) is 0 Å². The second-order valence-corrected chi connectivity index (χ2v) is 16.8. The lowest BCUT2D eigenvalue weighted by atomic mass is 9.85. The van der Waals surface area contributed by atoms with Gasteiger partial charge in [-0.2, -0.15) is 0 Å². The van der Waals surface area contributed by atoms with E-state index in [0.717, 1.165) is 76.3 Å². The molecule has 6 nitrogen and oxygen atoms in total. The molecular weight excluding hydrogens is 627 g/mol. The van der Waals surface area contributed by atoms with Crippen molar-refractivity contribution in [3.05, 3.63) is 53.4 Å². The van der Waals surface area contributed by atoms with Crippen molar-refractivity contribution in [3.63, 3.8) is 0 Å². The number of rotatable bonds is 18. The number of amides is 1. The molecule has 0 aliphatic carbocycles. The topological polar surface area (TPSA) is 45.2 Å². The van der Waals surface area contributed by atoms with Gasteiger partial charge in [-0.3, -0.25) is 14.6 Å². The number of ether oxygens (including phenoxy) is 2. The van der Waals surface area contributed by atoms with Crippen molar-refractivity contribution in [1.82, 2.24) is 4.90 Å². The van der Waals surface area contributed by atoms with Gasteiger partial charge in [0.15, 0.2) is 0 Å². The van der Waals surface area contributed by atoms with E-state index >= 15 is 0 Å². The fraction of sp³-hybridized carbons (Fsp3) is 0.643. The Kier molecular flexibility index (Phi) is 13.5. The molecule has 2 aliphatic heterocycles. The third-order valence-corrected chi connectivity index (χ3v) is 11.4. The summed E-state index contributed by atoms with van der Waals surface area (Å²) < 4.78 is 14.6. The minimum Gasteiger partial charge on any atom is -0.494 e. The predicted molar refractivity (Wildman–Crippen MR) is 208 cm³/mol. The summed E-state index contributed by atoms with van der Waals surface area (Å²) in [6, 6.07) is 15.2. The third-order valence-electron chi connectivity index (χ3n) is 10.5. The highest BCUT2D eigenvalue weighted by Crippen LogP contribution is 2.39. The molecule has 0 saturated carbocycles. The van der Waals surface area contributed by atoms with Crippen LogP contribution in [0.4, 0.5) is 11.4 Å². The van der Waals surface area contributed by atoms with Gasteiger partial charge in [-0.05, 0) is 86.7 Å². The highest BCUT2D eigenvalue weighted by Gasteiger charge is 2.41. The second-order valence-electron chi connectivity index (χ2n) is 15.8. The van der Waals surface area contributed by atoms with E-state index < -0.39 is 5.72 Å². The van der Waals surface area contributed by atoms with Crippen LogP contribution < -0.4 is 14.5 Å². The molecule has 0 bridgehead atoms. The van der Waals surface area contributed by atoms with Crippen molar-refractivity contribution in [1.29, 1.82) is 0 Å². The molecule has 5 rings (SSSR count). The Balaban J connectivity index is 1.10. The maximum Gasteiger partial charge on any atom is 0.229 e. The van der Waals surface area contributed by atoms with Crippen molar-refractivity contribution in [2.75, 3.05) is 49.1 Å². The maximum absolute atomic E-state index is 13.5. The summed E-state index contributed by atoms with van der Waals surface area (Å²) in [6.07, 6.45) is 13.5. The van der Waals surface area contributed by atoms with Crippen LogP contribution >= 0.6 is 11.3 Å². The third kappa shape index (κ3) is 10.2. The van der Waals surface area contributed by atoms with Crippen LogP contribution in [0.1, 0.15) is 118 Å². The van der Waals surface area contributed by atoms with Crippen LogP contribution in [0.25, 0.3) is 10.1 Å². The largest absolute Gasteiger partial charge is 0.494 e. The molecule has 2 aliphatic rings. The van der Waals surface area contributed by atoms with Crippen molar-refractivity contribution in [2.24, 2.45) is 5.41 Å². The summed E-state index contributed by atoms with van der Waals surface area (Å²) in [5.41, 5.74) is 2.74. The lowest BCUT2D eigenvalue weighted by molar-refractivity contribution is -0.139. The molecule has 0 spiro atoms. The molecule has 3 heterocycles. The van der Waals surface area contributed by atoms with Gasteiger partial charge in [0, 0.05) is 54.4 Å². The van der Waals surface area contributed by atoms with Crippen LogP contribution in [0.3, 0.4) is 0 Å². The Hall–Kier alpha value is -2.61. The normalized spacial score (nSPS) is 16.7. The van der Waals surface area contributed by atoms with Gasteiger partial charge in [0.2, 0.25) is 5.91 Å². The van der Waals surface area contributed by atoms with E-state index in [-0.39, 0.29) is 17.4 Å². The second kappa shape index (κ2) is 17.5. The van der Waals surface area contributed by atoms with Gasteiger partial charge in [0.1, 0.15) is 11.5 Å². The first-order valence-electron chi connectivity index (χ1n) is 19.3. The highest BCUT2D eigenvalue weighted by atomic mass is 32.1. The van der Waals surface area contributed by atoms with E-state index in [0.29, 0.717) is 13.0 Å². The summed E-state index contributed by atoms with van der Waals surface area (Å²) in [6.45, 7) is 19.3. The Bertz CT molecular complexity index is 1470. The van der Waals surface area contributed by atoms with Gasteiger partial charge < -0.3 is 14.4 Å². The lowest BCUT2D eigenvalue weighted by Crippen LogP contribution is -2.54. The summed E-state index contributed by atoms with van der Waals surface area (Å²) in [5, 5.41) is 3.58. The Morgan fingerprint density at radius 1 is 0.816 bits per heavy atom. The first-order valence-corrected chi connectivity index (χ1v) is 20.1. The predicted octanol–water partition coefficient (Wildman–Crippen LogP) is 10.5. The molecule has 1 saturated heterocycles. The number of anilines is 2. The van der Waals surface area contributed by atoms with Crippen LogP contribution in [0.15, 0.2) is 47.8 Å². The number of aryl methyl sites for hydroxylation is 1. The number of nitrogens with zero attached hydrogens (tertiary/aromatic N) is 3. The van der Waals surface area contributed by atoms with Gasteiger partial charge in [-0.15, -0.1) is 11.3 Å². The summed E-state index contributed by atoms with van der Waals surface area (Å²) in [7, 11) is 0. The van der Waals surface area contributed by atoms with Crippen LogP contribution in [0.5, 0.6) is 5.75 Å². The van der Waals surface area contributed by atoms with Crippen molar-refractivity contribution in [2.45, 2.75) is 130 Å². The molecular formula is C42H63N3O3S. The average molecular weight is 690 g/mol. The van der Waals surface area contributed by atoms with E-state index in [1.54, 1.807) is 0 Å². The molecule has 1 unspecified atom stereocenters. The zero-order valence-corrected chi connectivity index (χ0v) is 32.2. The molecule has 0 N–H and O–H groups in total. The van der Waals surface area contributed by atoms with E-state index in [1.807, 2.05) is 16.2 Å². The summed E-state index contributed by atoms with van der Waals surface area (Å²) in [4.78, 5) is 20.6. The molecule has 49 heavy (non-hydrogen) atoms. The minimum absolute atomic E-state index is 0.0155. The first-order chi connectivity index (χ1) is 23.6. The number of carbonyl (C=O) groups excluding carboxylic acids is 1. The van der Waals surface area contributed by atoms with Gasteiger partial charge in [-0.1, -0.05) is 84.8 Å². The molecule has 3 aromatic rings. The minimum atomic E-state index is -0.760. The van der Waals surface area contributed by atoms with Crippen LogP contribution in [-0.4, -0.2) is 62.0 Å². The fourth-order valence-corrected chi connectivity index (χ4v) is 8.39. The maximum atomic E-state index is 13.5. The molecule has 1 fully saturated rings. The number of fused-ring (bicyclic) bond motifs is 2. The molecule has 0 radical (unpaired) electrons. The van der Waals surface area contributed by atoms with E-state index in [9.17, 15) is 4.79 Å². The lowest BCUT2D eigenvalue weighted by Gasteiger charge is -2.46. The Morgan fingerprint density at radius 3 is 2.33 bits per heavy atom. The summed E-state index contributed by atoms with van der Waals surface area (Å²) in [5.74, 6) is 0.964. The van der Waals surface area contributed by atoms with Crippen molar-refractivity contribution in [3.8, 4) is 5.75 Å². The van der Waals surface area contributed by atoms with E-state index in [4.69, 9.17) is 9.47 Å². The number of hydrogen-bond acceptors (Lipinski definition) is 6. The van der Waals surface area contributed by atoms with Crippen molar-refractivity contribution < 1.29 is 14.3 Å². The fourth-order valence-electron chi connectivity index (χ4n) is 7.58. The van der Waals surface area contributed by atoms with Crippen molar-refractivity contribution >= 4 is 38.7 Å². The summed E-state index contributed by atoms with van der Waals surface area (Å²) >= 11 is 1.82. The molecule has 1 atom stereocenters. The quantitative estimate of drug-likeness (QED) is 0.124. The Morgan fingerprint density at radius 2 is 1.57 bits per heavy atom. The van der Waals surface area contributed by atoms with Crippen LogP contribution in [0, 0.1) is 5.41 Å². The zero-order valence-electron chi connectivity index (χ0n) is 31.4. The van der Waals surface area contributed by atoms with Gasteiger partial charge in [-0.25, -0.2) is 0 Å². The smallest absolute Gasteiger partial charge is 0.229 e. The van der Waals surface area contributed by atoms with Gasteiger partial charge in [0.25, 0.3) is 0 Å². The molecule has 1 amide bonds. The number of unbranched alkanes of at least 4 members (excludes halogenated alkanes) is 7. The number of carbonyl (C=O) groups is 1. The van der Waals surface area contributed by atoms with Gasteiger partial charge in [0.05, 0.1) is 18.4 Å². The molecule has 2 aromatic carbocycles. The SMILES string of the molecule is CCCCCCCCCC(OC(C)(C)N1C(=O)CCc2ccc(OCCCCN3CCN(c4cccc5sccc45)CC3)cc21)C(C)(C)C. The number of benzene rings is 2. The first kappa shape index (κ1) is 37.6. The standard InChI is InChI=1S/C42H63N3O3S/c1-7-8-9-10-11-12-13-19-39(41(2,3)4)48-42(5,6)45-37-32-34(22-20-33(37)21-23-40(45)46)47-30-15-14-25-43-26-28-44(29-27-43)36-17-16-18-38-35(36)24-31-49-38/h16-18,20,22,24,31-32,39H,7-15,19,21,23,25-30H2,1-6H3. The van der Waals surface area contributed by atoms with E-state index in [1.165, 1.54) is 59.9 Å². The molecule has 7 heteroatoms. The number of piperazine rings is 1. The number of thiophene rings is 1. The molecule has 1 aromatic heterocycles.